The summed E-state index contributed by atoms with van der Waals surface area (Å²) in [6, 6.07) is 8.59. The SMILES string of the molecule is NC(=O)c1cc([N+](=O)[O-])ccc1OCc1ccc(Cl)c(Cl)c1. The van der Waals surface area contributed by atoms with Gasteiger partial charge in [-0.3, -0.25) is 14.9 Å². The molecule has 0 heterocycles. The Balaban J connectivity index is 2.23. The lowest BCUT2D eigenvalue weighted by atomic mass is 10.1. The molecule has 8 heteroatoms. The number of nitro groups is 1. The van der Waals surface area contributed by atoms with Crippen LogP contribution in [0.3, 0.4) is 0 Å². The minimum Gasteiger partial charge on any atom is -0.488 e. The first-order chi connectivity index (χ1) is 10.4. The Kier molecular flexibility index (Phi) is 4.85. The van der Waals surface area contributed by atoms with Crippen molar-refractivity contribution in [2.75, 3.05) is 0 Å². The van der Waals surface area contributed by atoms with Gasteiger partial charge in [0.25, 0.3) is 11.6 Å². The lowest BCUT2D eigenvalue weighted by Crippen LogP contribution is -2.13. The average Bonchev–Trinajstić information content (AvgIpc) is 2.48. The summed E-state index contributed by atoms with van der Waals surface area (Å²) in [4.78, 5) is 21.5. The third-order valence-corrected chi connectivity index (χ3v) is 3.56. The summed E-state index contributed by atoms with van der Waals surface area (Å²) in [5.74, 6) is -0.656. The molecule has 0 aliphatic heterocycles. The molecule has 0 atom stereocenters. The van der Waals surface area contributed by atoms with Crippen LogP contribution in [0.5, 0.6) is 5.75 Å². The molecule has 0 bridgehead atoms. The number of carbonyl (C=O) groups is 1. The van der Waals surface area contributed by atoms with Crippen LogP contribution in [0.1, 0.15) is 15.9 Å². The highest BCUT2D eigenvalue weighted by atomic mass is 35.5. The molecule has 0 radical (unpaired) electrons. The minimum atomic E-state index is -0.812. The maximum Gasteiger partial charge on any atom is 0.270 e. The first kappa shape index (κ1) is 16.1. The van der Waals surface area contributed by atoms with E-state index in [9.17, 15) is 14.9 Å². The maximum absolute atomic E-state index is 11.4. The average molecular weight is 341 g/mol. The number of rotatable bonds is 5. The van der Waals surface area contributed by atoms with Crippen molar-refractivity contribution in [1.82, 2.24) is 0 Å². The van der Waals surface area contributed by atoms with E-state index in [2.05, 4.69) is 0 Å². The molecule has 0 fully saturated rings. The zero-order chi connectivity index (χ0) is 16.3. The molecule has 1 amide bonds. The van der Waals surface area contributed by atoms with E-state index < -0.39 is 10.8 Å². The van der Waals surface area contributed by atoms with Gasteiger partial charge in [-0.2, -0.15) is 0 Å². The summed E-state index contributed by atoms with van der Waals surface area (Å²) < 4.78 is 5.49. The zero-order valence-electron chi connectivity index (χ0n) is 11.1. The molecule has 0 aromatic heterocycles. The van der Waals surface area contributed by atoms with Gasteiger partial charge in [0.1, 0.15) is 12.4 Å². The van der Waals surface area contributed by atoms with Gasteiger partial charge >= 0.3 is 0 Å². The molecule has 0 aliphatic carbocycles. The summed E-state index contributed by atoms with van der Waals surface area (Å²) in [7, 11) is 0. The van der Waals surface area contributed by atoms with E-state index in [4.69, 9.17) is 33.7 Å². The van der Waals surface area contributed by atoms with Gasteiger partial charge in [-0.25, -0.2) is 0 Å². The van der Waals surface area contributed by atoms with E-state index in [-0.39, 0.29) is 23.6 Å². The predicted molar refractivity (Wildman–Crippen MR) is 82.4 cm³/mol. The number of nitrogens with two attached hydrogens (primary N) is 1. The summed E-state index contributed by atoms with van der Waals surface area (Å²) in [5.41, 5.74) is 5.64. The van der Waals surface area contributed by atoms with Gasteiger partial charge in [0, 0.05) is 12.1 Å². The number of non-ortho nitro benzene ring substituents is 1. The molecular weight excluding hydrogens is 331 g/mol. The molecule has 2 aromatic rings. The summed E-state index contributed by atoms with van der Waals surface area (Å²) >= 11 is 11.7. The maximum atomic E-state index is 11.4. The van der Waals surface area contributed by atoms with E-state index in [1.54, 1.807) is 18.2 Å². The number of nitrogens with zero attached hydrogens (tertiary/aromatic N) is 1. The second-order valence-corrected chi connectivity index (χ2v) is 5.15. The molecule has 2 rings (SSSR count). The Morgan fingerprint density at radius 3 is 2.50 bits per heavy atom. The van der Waals surface area contributed by atoms with Crippen LogP contribution in [-0.4, -0.2) is 10.8 Å². The van der Waals surface area contributed by atoms with Crippen molar-refractivity contribution in [2.45, 2.75) is 6.61 Å². The molecule has 22 heavy (non-hydrogen) atoms. The number of halogens is 2. The molecule has 0 saturated carbocycles. The van der Waals surface area contributed by atoms with Crippen molar-refractivity contribution < 1.29 is 14.5 Å². The van der Waals surface area contributed by atoms with Crippen molar-refractivity contribution in [2.24, 2.45) is 5.73 Å². The molecule has 0 spiro atoms. The number of hydrogen-bond acceptors (Lipinski definition) is 4. The normalized spacial score (nSPS) is 10.3. The van der Waals surface area contributed by atoms with Crippen LogP contribution in [-0.2, 0) is 6.61 Å². The highest BCUT2D eigenvalue weighted by Crippen LogP contribution is 2.26. The largest absolute Gasteiger partial charge is 0.488 e. The highest BCUT2D eigenvalue weighted by Gasteiger charge is 2.16. The number of hydrogen-bond donors (Lipinski definition) is 1. The van der Waals surface area contributed by atoms with Gasteiger partial charge in [0.05, 0.1) is 20.5 Å². The monoisotopic (exact) mass is 340 g/mol. The third-order valence-electron chi connectivity index (χ3n) is 2.82. The van der Waals surface area contributed by atoms with Crippen LogP contribution < -0.4 is 10.5 Å². The third kappa shape index (κ3) is 3.66. The van der Waals surface area contributed by atoms with Gasteiger partial charge < -0.3 is 10.5 Å². The minimum absolute atomic E-state index is 0.0609. The Labute approximate surface area is 135 Å². The molecule has 6 nitrogen and oxygen atoms in total. The summed E-state index contributed by atoms with van der Waals surface area (Å²) in [6.45, 7) is 0.106. The van der Waals surface area contributed by atoms with Crippen LogP contribution in [0, 0.1) is 10.1 Å². The number of nitro benzene ring substituents is 1. The number of amides is 1. The van der Waals surface area contributed by atoms with Gasteiger partial charge in [0.15, 0.2) is 0 Å². The van der Waals surface area contributed by atoms with Gasteiger partial charge in [0.2, 0.25) is 0 Å². The van der Waals surface area contributed by atoms with E-state index in [1.165, 1.54) is 12.1 Å². The van der Waals surface area contributed by atoms with Crippen LogP contribution in [0.15, 0.2) is 36.4 Å². The fourth-order valence-corrected chi connectivity index (χ4v) is 2.06. The fourth-order valence-electron chi connectivity index (χ4n) is 1.74. The van der Waals surface area contributed by atoms with Crippen molar-refractivity contribution >= 4 is 34.8 Å². The first-order valence-corrected chi connectivity index (χ1v) is 6.79. The van der Waals surface area contributed by atoms with Crippen LogP contribution in [0.25, 0.3) is 0 Å². The van der Waals surface area contributed by atoms with Crippen LogP contribution >= 0.6 is 23.2 Å². The Morgan fingerprint density at radius 1 is 1.18 bits per heavy atom. The summed E-state index contributed by atoms with van der Waals surface area (Å²) in [5, 5.41) is 11.5. The molecule has 0 saturated heterocycles. The smallest absolute Gasteiger partial charge is 0.270 e. The topological polar surface area (TPSA) is 95.5 Å². The predicted octanol–water partition coefficient (Wildman–Crippen LogP) is 3.58. The van der Waals surface area contributed by atoms with Crippen LogP contribution in [0.4, 0.5) is 5.69 Å². The van der Waals surface area contributed by atoms with Gasteiger partial charge in [-0.1, -0.05) is 29.3 Å². The summed E-state index contributed by atoms with van der Waals surface area (Å²) in [6.07, 6.45) is 0. The van der Waals surface area contributed by atoms with E-state index in [0.29, 0.717) is 10.0 Å². The lowest BCUT2D eigenvalue weighted by molar-refractivity contribution is -0.384. The molecule has 2 N–H and O–H groups in total. The number of benzene rings is 2. The number of primary amides is 1. The fraction of sp³-hybridized carbons (Fsp3) is 0.0714. The van der Waals surface area contributed by atoms with E-state index in [1.807, 2.05) is 0 Å². The van der Waals surface area contributed by atoms with Gasteiger partial charge in [-0.05, 0) is 23.8 Å². The van der Waals surface area contributed by atoms with Crippen LogP contribution in [0.2, 0.25) is 10.0 Å². The number of carbonyl (C=O) groups excluding carboxylic acids is 1. The van der Waals surface area contributed by atoms with Gasteiger partial charge in [-0.15, -0.1) is 0 Å². The molecule has 2 aromatic carbocycles. The molecular formula is C14H10Cl2N2O4. The molecule has 0 aliphatic rings. The van der Waals surface area contributed by atoms with Crippen molar-refractivity contribution in [3.05, 3.63) is 67.7 Å². The Bertz CT molecular complexity index is 750. The second kappa shape index (κ2) is 6.64. The van der Waals surface area contributed by atoms with Crippen molar-refractivity contribution in [1.29, 1.82) is 0 Å². The second-order valence-electron chi connectivity index (χ2n) is 4.34. The van der Waals surface area contributed by atoms with E-state index >= 15 is 0 Å². The number of ether oxygens (including phenoxy) is 1. The molecule has 0 unspecified atom stereocenters. The quantitative estimate of drug-likeness (QED) is 0.664. The van der Waals surface area contributed by atoms with Crippen molar-refractivity contribution in [3.8, 4) is 5.75 Å². The van der Waals surface area contributed by atoms with E-state index in [0.717, 1.165) is 11.6 Å². The standard InChI is InChI=1S/C14H10Cl2N2O4/c15-11-3-1-8(5-12(11)16)7-22-13-4-2-9(18(20)21)6-10(13)14(17)19/h1-6H,7H2,(H2,17,19). The zero-order valence-corrected chi connectivity index (χ0v) is 12.6. The van der Waals surface area contributed by atoms with Crippen molar-refractivity contribution in [3.63, 3.8) is 0 Å². The molecule has 114 valence electrons. The lowest BCUT2D eigenvalue weighted by Gasteiger charge is -2.10. The Morgan fingerprint density at radius 2 is 1.91 bits per heavy atom. The highest BCUT2D eigenvalue weighted by molar-refractivity contribution is 6.42. The Hall–Kier alpha value is -2.31. The first-order valence-electron chi connectivity index (χ1n) is 6.03.